The Hall–Kier alpha value is -2.61. The van der Waals surface area contributed by atoms with Crippen LogP contribution in [0.3, 0.4) is 0 Å². The summed E-state index contributed by atoms with van der Waals surface area (Å²) in [5, 5.41) is 8.65. The van der Waals surface area contributed by atoms with E-state index in [1.165, 1.54) is 17.4 Å². The van der Waals surface area contributed by atoms with E-state index in [1.54, 1.807) is 5.38 Å². The number of rotatable bonds is 5. The van der Waals surface area contributed by atoms with Gasteiger partial charge in [0, 0.05) is 22.9 Å². The fraction of sp³-hybridized carbons (Fsp3) is 0.235. The molecule has 0 aliphatic heterocycles. The highest BCUT2D eigenvalue weighted by Crippen LogP contribution is 2.26. The largest absolute Gasteiger partial charge is 0.361 e. The van der Waals surface area contributed by atoms with Gasteiger partial charge in [0.2, 0.25) is 5.91 Å². The quantitative estimate of drug-likeness (QED) is 0.735. The van der Waals surface area contributed by atoms with Gasteiger partial charge in [-0.2, -0.15) is 0 Å². The van der Waals surface area contributed by atoms with E-state index in [2.05, 4.69) is 15.5 Å². The number of nitrogens with one attached hydrogen (secondary N) is 1. The number of carbonyl (C=O) groups is 1. The number of hydrogen-bond donors (Lipinski definition) is 1. The summed E-state index contributed by atoms with van der Waals surface area (Å²) in [6, 6.07) is 3.57. The van der Waals surface area contributed by atoms with E-state index in [0.717, 1.165) is 23.4 Å². The first-order chi connectivity index (χ1) is 11.9. The van der Waals surface area contributed by atoms with Crippen LogP contribution in [0.15, 0.2) is 28.1 Å². The molecule has 0 fully saturated rings. The van der Waals surface area contributed by atoms with Crippen molar-refractivity contribution in [1.82, 2.24) is 10.1 Å². The molecule has 8 heteroatoms. The van der Waals surface area contributed by atoms with Gasteiger partial charge in [0.05, 0.1) is 11.4 Å². The number of aromatic nitrogens is 2. The molecule has 5 nitrogen and oxygen atoms in total. The lowest BCUT2D eigenvalue weighted by molar-refractivity contribution is -0.116. The van der Waals surface area contributed by atoms with Gasteiger partial charge < -0.3 is 9.84 Å². The summed E-state index contributed by atoms with van der Waals surface area (Å²) in [6.45, 7) is 3.64. The number of carbonyl (C=O) groups excluding carboxylic acids is 1. The van der Waals surface area contributed by atoms with Crippen LogP contribution in [0.1, 0.15) is 23.4 Å². The second-order valence-electron chi connectivity index (χ2n) is 5.52. The molecule has 25 heavy (non-hydrogen) atoms. The maximum absolute atomic E-state index is 13.3. The van der Waals surface area contributed by atoms with Crippen molar-refractivity contribution < 1.29 is 18.1 Å². The van der Waals surface area contributed by atoms with Gasteiger partial charge in [0.25, 0.3) is 0 Å². The molecular formula is C17H15F2N3O2S. The predicted octanol–water partition coefficient (Wildman–Crippen LogP) is 4.26. The van der Waals surface area contributed by atoms with Gasteiger partial charge in [-0.05, 0) is 38.5 Å². The third kappa shape index (κ3) is 3.90. The van der Waals surface area contributed by atoms with Gasteiger partial charge >= 0.3 is 0 Å². The van der Waals surface area contributed by atoms with Crippen molar-refractivity contribution in [1.29, 1.82) is 0 Å². The van der Waals surface area contributed by atoms with Crippen molar-refractivity contribution in [2.24, 2.45) is 0 Å². The van der Waals surface area contributed by atoms with Gasteiger partial charge in [0.15, 0.2) is 16.8 Å². The smallest absolute Gasteiger partial charge is 0.226 e. The van der Waals surface area contributed by atoms with E-state index in [-0.39, 0.29) is 12.3 Å². The first-order valence-electron chi connectivity index (χ1n) is 7.56. The number of anilines is 1. The van der Waals surface area contributed by atoms with Crippen molar-refractivity contribution in [3.63, 3.8) is 0 Å². The molecule has 0 radical (unpaired) electrons. The van der Waals surface area contributed by atoms with Crippen molar-refractivity contribution in [3.8, 4) is 11.3 Å². The Balaban J connectivity index is 1.63. The summed E-state index contributed by atoms with van der Waals surface area (Å²) in [5.41, 5.74) is 2.63. The van der Waals surface area contributed by atoms with Crippen LogP contribution in [0.4, 0.5) is 13.9 Å². The van der Waals surface area contributed by atoms with Crippen molar-refractivity contribution in [2.45, 2.75) is 26.7 Å². The van der Waals surface area contributed by atoms with Gasteiger partial charge in [-0.3, -0.25) is 4.79 Å². The Kier molecular flexibility index (Phi) is 4.89. The minimum atomic E-state index is -0.935. The standard InChI is InChI=1S/C17H15F2N3O2S/c1-9-12(10(2)24-22-9)4-6-16(23)21-17-20-15(8-25-17)11-3-5-13(18)14(19)7-11/h3,5,7-8H,4,6H2,1-2H3,(H,20,21,23). The van der Waals surface area contributed by atoms with E-state index in [0.29, 0.717) is 28.6 Å². The monoisotopic (exact) mass is 363 g/mol. The zero-order valence-electron chi connectivity index (χ0n) is 13.6. The van der Waals surface area contributed by atoms with Crippen LogP contribution in [0.5, 0.6) is 0 Å². The highest BCUT2D eigenvalue weighted by Gasteiger charge is 2.13. The summed E-state index contributed by atoms with van der Waals surface area (Å²) in [6.07, 6.45) is 0.789. The van der Waals surface area contributed by atoms with E-state index < -0.39 is 11.6 Å². The summed E-state index contributed by atoms with van der Waals surface area (Å²) in [5.74, 6) is -1.33. The first kappa shape index (κ1) is 17.2. The zero-order chi connectivity index (χ0) is 18.0. The lowest BCUT2D eigenvalue weighted by Gasteiger charge is -2.02. The minimum absolute atomic E-state index is 0.189. The third-order valence-corrected chi connectivity index (χ3v) is 4.51. The molecule has 1 aromatic carbocycles. The fourth-order valence-corrected chi connectivity index (χ4v) is 3.13. The Labute approximate surface area is 146 Å². The van der Waals surface area contributed by atoms with Crippen molar-refractivity contribution in [3.05, 3.63) is 52.2 Å². The number of hydrogen-bond acceptors (Lipinski definition) is 5. The minimum Gasteiger partial charge on any atom is -0.361 e. The number of nitrogens with zero attached hydrogens (tertiary/aromatic N) is 2. The maximum atomic E-state index is 13.3. The Morgan fingerprint density at radius 3 is 2.76 bits per heavy atom. The molecule has 1 amide bonds. The summed E-state index contributed by atoms with van der Waals surface area (Å²) in [4.78, 5) is 16.3. The average molecular weight is 363 g/mol. The number of aryl methyl sites for hydroxylation is 2. The number of amides is 1. The molecule has 2 heterocycles. The van der Waals surface area contributed by atoms with Crippen LogP contribution in [0, 0.1) is 25.5 Å². The average Bonchev–Trinajstić information content (AvgIpc) is 3.15. The molecule has 1 N–H and O–H groups in total. The van der Waals surface area contributed by atoms with E-state index in [1.807, 2.05) is 13.8 Å². The second-order valence-corrected chi connectivity index (χ2v) is 6.38. The molecule has 130 valence electrons. The lowest BCUT2D eigenvalue weighted by Crippen LogP contribution is -2.12. The van der Waals surface area contributed by atoms with Crippen LogP contribution in [-0.4, -0.2) is 16.0 Å². The van der Waals surface area contributed by atoms with Gasteiger partial charge in [-0.15, -0.1) is 11.3 Å². The highest BCUT2D eigenvalue weighted by atomic mass is 32.1. The molecule has 0 aliphatic carbocycles. The molecule has 2 aromatic heterocycles. The fourth-order valence-electron chi connectivity index (χ4n) is 2.40. The molecule has 0 atom stereocenters. The summed E-state index contributed by atoms with van der Waals surface area (Å²) < 4.78 is 31.4. The SMILES string of the molecule is Cc1noc(C)c1CCC(=O)Nc1nc(-c2ccc(F)c(F)c2)cs1. The van der Waals surface area contributed by atoms with Gasteiger partial charge in [-0.25, -0.2) is 13.8 Å². The number of benzene rings is 1. The van der Waals surface area contributed by atoms with E-state index in [4.69, 9.17) is 4.52 Å². The van der Waals surface area contributed by atoms with Crippen LogP contribution in [0.2, 0.25) is 0 Å². The Morgan fingerprint density at radius 2 is 2.08 bits per heavy atom. The molecule has 0 spiro atoms. The van der Waals surface area contributed by atoms with Crippen LogP contribution in [0.25, 0.3) is 11.3 Å². The molecule has 3 aromatic rings. The molecular weight excluding hydrogens is 348 g/mol. The molecule has 0 saturated carbocycles. The second kappa shape index (κ2) is 7.10. The summed E-state index contributed by atoms with van der Waals surface area (Å²) >= 11 is 1.22. The molecule has 0 aliphatic rings. The first-order valence-corrected chi connectivity index (χ1v) is 8.44. The highest BCUT2D eigenvalue weighted by molar-refractivity contribution is 7.14. The normalized spacial score (nSPS) is 10.9. The van der Waals surface area contributed by atoms with Gasteiger partial charge in [-0.1, -0.05) is 5.16 Å². The Morgan fingerprint density at radius 1 is 1.28 bits per heavy atom. The molecule has 0 unspecified atom stereocenters. The van der Waals surface area contributed by atoms with Crippen LogP contribution >= 0.6 is 11.3 Å². The maximum Gasteiger partial charge on any atom is 0.226 e. The van der Waals surface area contributed by atoms with Crippen molar-refractivity contribution in [2.75, 3.05) is 5.32 Å². The molecule has 0 saturated heterocycles. The van der Waals surface area contributed by atoms with Crippen LogP contribution in [-0.2, 0) is 11.2 Å². The van der Waals surface area contributed by atoms with E-state index in [9.17, 15) is 13.6 Å². The third-order valence-electron chi connectivity index (χ3n) is 3.75. The molecule has 3 rings (SSSR count). The van der Waals surface area contributed by atoms with Crippen molar-refractivity contribution >= 4 is 22.4 Å². The molecule has 0 bridgehead atoms. The Bertz CT molecular complexity index is 901. The predicted molar refractivity (Wildman–Crippen MR) is 90.4 cm³/mol. The summed E-state index contributed by atoms with van der Waals surface area (Å²) in [7, 11) is 0. The van der Waals surface area contributed by atoms with E-state index >= 15 is 0 Å². The topological polar surface area (TPSA) is 68.0 Å². The van der Waals surface area contributed by atoms with Crippen LogP contribution < -0.4 is 5.32 Å². The van der Waals surface area contributed by atoms with Gasteiger partial charge in [0.1, 0.15) is 5.76 Å². The number of thiazole rings is 1. The number of halogens is 2. The zero-order valence-corrected chi connectivity index (χ0v) is 14.4. The lowest BCUT2D eigenvalue weighted by atomic mass is 10.1.